The van der Waals surface area contributed by atoms with Gasteiger partial charge < -0.3 is 5.32 Å². The first-order valence-electron chi connectivity index (χ1n) is 11.0. The Balaban J connectivity index is 1.75. The molecular weight excluding hydrogens is 444 g/mol. The first-order chi connectivity index (χ1) is 15.7. The van der Waals surface area contributed by atoms with Crippen molar-refractivity contribution in [3.8, 4) is 0 Å². The van der Waals surface area contributed by atoms with Crippen molar-refractivity contribution in [2.75, 3.05) is 23.7 Å². The van der Waals surface area contributed by atoms with Gasteiger partial charge in [0.05, 0.1) is 16.9 Å². The maximum atomic E-state index is 13.0. The highest BCUT2D eigenvalue weighted by atomic mass is 32.2. The minimum atomic E-state index is -3.88. The van der Waals surface area contributed by atoms with Crippen molar-refractivity contribution < 1.29 is 18.1 Å². The van der Waals surface area contributed by atoms with Gasteiger partial charge in [-0.3, -0.25) is 24.1 Å². The third-order valence-electron chi connectivity index (χ3n) is 5.69. The van der Waals surface area contributed by atoms with Crippen LogP contribution in [0.15, 0.2) is 48.5 Å². The monoisotopic (exact) mass is 474 g/mol. The Morgan fingerprint density at radius 3 is 2.45 bits per heavy atom. The zero-order valence-electron chi connectivity index (χ0n) is 18.9. The first kappa shape index (κ1) is 24.7. The average Bonchev–Trinajstić information content (AvgIpc) is 3.28. The smallest absolute Gasteiger partial charge is 0.271 e. The maximum Gasteiger partial charge on any atom is 0.271 e. The van der Waals surface area contributed by atoms with E-state index in [0.29, 0.717) is 0 Å². The number of carbonyl (C=O) groups is 1. The molecule has 0 aliphatic carbocycles. The van der Waals surface area contributed by atoms with Gasteiger partial charge in [-0.25, -0.2) is 8.42 Å². The third-order valence-corrected chi connectivity index (χ3v) is 6.87. The Bertz CT molecular complexity index is 1100. The van der Waals surface area contributed by atoms with E-state index in [0.717, 1.165) is 35.8 Å². The number of nitrogens with one attached hydrogen (secondary N) is 1. The Hall–Kier alpha value is -2.98. The molecule has 0 aromatic heterocycles. The molecule has 9 nitrogen and oxygen atoms in total. The van der Waals surface area contributed by atoms with Crippen LogP contribution in [0.1, 0.15) is 37.3 Å². The van der Waals surface area contributed by atoms with E-state index in [1.807, 2.05) is 12.1 Å². The summed E-state index contributed by atoms with van der Waals surface area (Å²) in [6.45, 7) is 5.02. The number of hydrogen-bond donors (Lipinski definition) is 1. The summed E-state index contributed by atoms with van der Waals surface area (Å²) in [6.07, 6.45) is 3.63. The van der Waals surface area contributed by atoms with Gasteiger partial charge in [-0.2, -0.15) is 0 Å². The second-order valence-corrected chi connectivity index (χ2v) is 10.1. The van der Waals surface area contributed by atoms with E-state index in [1.54, 1.807) is 6.92 Å². The van der Waals surface area contributed by atoms with Crippen molar-refractivity contribution in [2.24, 2.45) is 0 Å². The second kappa shape index (κ2) is 10.8. The molecule has 178 valence electrons. The lowest BCUT2D eigenvalue weighted by atomic mass is 10.1. The van der Waals surface area contributed by atoms with Crippen LogP contribution in [-0.2, 0) is 27.9 Å². The molecule has 1 saturated heterocycles. The normalized spacial score (nSPS) is 15.2. The lowest BCUT2D eigenvalue weighted by Gasteiger charge is -2.30. The van der Waals surface area contributed by atoms with Crippen LogP contribution < -0.4 is 9.62 Å². The molecule has 0 bridgehead atoms. The first-order valence-corrected chi connectivity index (χ1v) is 12.9. The van der Waals surface area contributed by atoms with Crippen LogP contribution in [0.25, 0.3) is 0 Å². The molecule has 1 fully saturated rings. The summed E-state index contributed by atoms with van der Waals surface area (Å²) in [6, 6.07) is 12.3. The average molecular weight is 475 g/mol. The summed E-state index contributed by atoms with van der Waals surface area (Å²) in [5, 5.41) is 14.0. The van der Waals surface area contributed by atoms with Gasteiger partial charge in [-0.05, 0) is 49.5 Å². The fraction of sp³-hybridized carbons (Fsp3) is 0.435. The maximum absolute atomic E-state index is 13.0. The van der Waals surface area contributed by atoms with Crippen LogP contribution in [-0.4, -0.2) is 49.5 Å². The fourth-order valence-electron chi connectivity index (χ4n) is 4.15. The van der Waals surface area contributed by atoms with E-state index in [-0.39, 0.29) is 24.3 Å². The molecule has 3 rings (SSSR count). The van der Waals surface area contributed by atoms with Gasteiger partial charge >= 0.3 is 0 Å². The van der Waals surface area contributed by atoms with Crippen LogP contribution in [0.4, 0.5) is 11.4 Å². The van der Waals surface area contributed by atoms with Gasteiger partial charge in [0.1, 0.15) is 6.04 Å². The van der Waals surface area contributed by atoms with Gasteiger partial charge in [0.25, 0.3) is 5.69 Å². The van der Waals surface area contributed by atoms with Crippen molar-refractivity contribution in [1.82, 2.24) is 10.2 Å². The van der Waals surface area contributed by atoms with Crippen LogP contribution >= 0.6 is 0 Å². The van der Waals surface area contributed by atoms with E-state index < -0.39 is 26.9 Å². The molecule has 0 saturated carbocycles. The van der Waals surface area contributed by atoms with Crippen molar-refractivity contribution in [2.45, 2.75) is 45.3 Å². The Morgan fingerprint density at radius 2 is 1.82 bits per heavy atom. The Labute approximate surface area is 194 Å². The van der Waals surface area contributed by atoms with E-state index in [2.05, 4.69) is 22.3 Å². The number of non-ortho nitro benzene ring substituents is 1. The van der Waals surface area contributed by atoms with Crippen LogP contribution in [0.3, 0.4) is 0 Å². The van der Waals surface area contributed by atoms with Crippen LogP contribution in [0.2, 0.25) is 0 Å². The molecule has 1 unspecified atom stereocenters. The summed E-state index contributed by atoms with van der Waals surface area (Å²) in [4.78, 5) is 26.0. The molecule has 1 heterocycles. The van der Waals surface area contributed by atoms with E-state index in [1.165, 1.54) is 42.7 Å². The number of likely N-dealkylation sites (tertiary alicyclic amines) is 1. The molecule has 1 aliphatic heterocycles. The highest BCUT2D eigenvalue weighted by molar-refractivity contribution is 7.92. The summed E-state index contributed by atoms with van der Waals surface area (Å²) in [7, 11) is -3.88. The van der Waals surface area contributed by atoms with Crippen molar-refractivity contribution in [3.63, 3.8) is 0 Å². The number of rotatable bonds is 10. The number of sulfonamides is 1. The zero-order valence-corrected chi connectivity index (χ0v) is 19.8. The standard InChI is InChI=1S/C23H30N4O5S/c1-3-22(26(33(2,31)32)20-10-7-11-21(15-20)27(29)30)23(28)24-16-18-8-6-9-19(14-18)17-25-12-4-5-13-25/h6-11,14-15,22H,3-5,12-13,16-17H2,1-2H3,(H,24,28). The zero-order chi connectivity index (χ0) is 24.0. The molecule has 10 heteroatoms. The second-order valence-electron chi connectivity index (χ2n) is 8.28. The lowest BCUT2D eigenvalue weighted by Crippen LogP contribution is -2.49. The van der Waals surface area contributed by atoms with E-state index in [4.69, 9.17) is 0 Å². The molecule has 2 aromatic carbocycles. The van der Waals surface area contributed by atoms with Crippen molar-refractivity contribution in [1.29, 1.82) is 0 Å². The van der Waals surface area contributed by atoms with E-state index in [9.17, 15) is 23.3 Å². The predicted octanol–water partition coefficient (Wildman–Crippen LogP) is 3.05. The number of amides is 1. The molecule has 1 atom stereocenters. The molecule has 0 spiro atoms. The van der Waals surface area contributed by atoms with Gasteiger partial charge in [-0.15, -0.1) is 0 Å². The number of benzene rings is 2. The molecule has 0 radical (unpaired) electrons. The summed E-state index contributed by atoms with van der Waals surface area (Å²) in [5.74, 6) is -0.459. The van der Waals surface area contributed by atoms with Crippen molar-refractivity contribution in [3.05, 3.63) is 69.8 Å². The molecule has 2 aromatic rings. The Kier molecular flexibility index (Phi) is 8.04. The van der Waals surface area contributed by atoms with Gasteiger partial charge in [0, 0.05) is 25.2 Å². The minimum Gasteiger partial charge on any atom is -0.350 e. The summed E-state index contributed by atoms with van der Waals surface area (Å²) in [5.41, 5.74) is 1.94. The molecule has 1 amide bonds. The fourth-order valence-corrected chi connectivity index (χ4v) is 5.35. The minimum absolute atomic E-state index is 0.0845. The molecular formula is C23H30N4O5S. The van der Waals surface area contributed by atoms with Crippen LogP contribution in [0.5, 0.6) is 0 Å². The third kappa shape index (κ3) is 6.52. The quantitative estimate of drug-likeness (QED) is 0.418. The number of carbonyl (C=O) groups excluding carboxylic acids is 1. The number of anilines is 1. The number of nitro benzene ring substituents is 1. The van der Waals surface area contributed by atoms with Gasteiger partial charge in [-0.1, -0.05) is 37.3 Å². The SMILES string of the molecule is CCC(C(=O)NCc1cccc(CN2CCCC2)c1)N(c1cccc([N+](=O)[O-])c1)S(C)(=O)=O. The number of hydrogen-bond acceptors (Lipinski definition) is 6. The number of nitrogens with zero attached hydrogens (tertiary/aromatic N) is 3. The molecule has 33 heavy (non-hydrogen) atoms. The molecule has 1 N–H and O–H groups in total. The lowest BCUT2D eigenvalue weighted by molar-refractivity contribution is -0.384. The highest BCUT2D eigenvalue weighted by Crippen LogP contribution is 2.26. The van der Waals surface area contributed by atoms with E-state index >= 15 is 0 Å². The Morgan fingerprint density at radius 1 is 1.15 bits per heavy atom. The molecule has 1 aliphatic rings. The largest absolute Gasteiger partial charge is 0.350 e. The predicted molar refractivity (Wildman–Crippen MR) is 127 cm³/mol. The van der Waals surface area contributed by atoms with Gasteiger partial charge in [0.15, 0.2) is 0 Å². The number of nitro groups is 1. The highest BCUT2D eigenvalue weighted by Gasteiger charge is 2.32. The van der Waals surface area contributed by atoms with Crippen molar-refractivity contribution >= 4 is 27.3 Å². The van der Waals surface area contributed by atoms with Gasteiger partial charge in [0.2, 0.25) is 15.9 Å². The topological polar surface area (TPSA) is 113 Å². The summed E-state index contributed by atoms with van der Waals surface area (Å²) < 4.78 is 26.1. The van der Waals surface area contributed by atoms with Crippen LogP contribution in [0, 0.1) is 10.1 Å². The summed E-state index contributed by atoms with van der Waals surface area (Å²) >= 11 is 0.